The summed E-state index contributed by atoms with van der Waals surface area (Å²) in [6, 6.07) is 46.8. The summed E-state index contributed by atoms with van der Waals surface area (Å²) in [6.07, 6.45) is 1.98. The smallest absolute Gasteiger partial charge is 0.247 e. The minimum atomic E-state index is 0.0821. The third-order valence-electron chi connectivity index (χ3n) is 12.1. The highest BCUT2D eigenvalue weighted by Gasteiger charge is 2.36. The molecule has 1 aliphatic heterocycles. The highest BCUT2D eigenvalue weighted by Crippen LogP contribution is 2.38. The number of furan rings is 1. The van der Waals surface area contributed by atoms with E-state index in [2.05, 4.69) is 159 Å². The molecular weight excluding hydrogens is 657 g/mol. The first-order valence-electron chi connectivity index (χ1n) is 19.4. The fourth-order valence-electron chi connectivity index (χ4n) is 9.53. The molecule has 0 saturated carbocycles. The van der Waals surface area contributed by atoms with Crippen molar-refractivity contribution in [1.29, 1.82) is 0 Å². The summed E-state index contributed by atoms with van der Waals surface area (Å²) < 4.78 is 11.3. The van der Waals surface area contributed by atoms with Crippen LogP contribution in [-0.4, -0.2) is 20.7 Å². The summed E-state index contributed by atoms with van der Waals surface area (Å²) in [5.74, 6) is 0.935. The van der Waals surface area contributed by atoms with E-state index in [1.807, 2.05) is 12.1 Å². The van der Waals surface area contributed by atoms with Gasteiger partial charge in [-0.3, -0.25) is 8.97 Å². The van der Waals surface area contributed by atoms with Crippen LogP contribution in [0, 0.1) is 0 Å². The van der Waals surface area contributed by atoms with Crippen LogP contribution in [0.5, 0.6) is 0 Å². The van der Waals surface area contributed by atoms with E-state index >= 15 is 0 Å². The van der Waals surface area contributed by atoms with E-state index in [1.165, 1.54) is 54.9 Å². The molecule has 0 aliphatic carbocycles. The Morgan fingerprint density at radius 3 is 2.19 bits per heavy atom. The minimum Gasteiger partial charge on any atom is -0.455 e. The predicted molar refractivity (Wildman–Crippen MR) is 228 cm³/mol. The number of nitrogens with zero attached hydrogens (tertiary/aromatic N) is 3. The van der Waals surface area contributed by atoms with Crippen LogP contribution in [0.3, 0.4) is 0 Å². The van der Waals surface area contributed by atoms with Crippen molar-refractivity contribution in [1.82, 2.24) is 14.0 Å². The third-order valence-corrected chi connectivity index (χ3v) is 12.1. The molecule has 0 bridgehead atoms. The van der Waals surface area contributed by atoms with Crippen molar-refractivity contribution in [2.75, 3.05) is 0 Å². The van der Waals surface area contributed by atoms with E-state index < -0.39 is 0 Å². The molecule has 0 saturated heterocycles. The number of benzene rings is 7. The number of hydrogen-bond acceptors (Lipinski definition) is 2. The summed E-state index contributed by atoms with van der Waals surface area (Å²) in [6.45, 7) is 11.7. The Kier molecular flexibility index (Phi) is 6.54. The van der Waals surface area contributed by atoms with Gasteiger partial charge in [-0.25, -0.2) is 4.98 Å². The fraction of sp³-hybridized carbons (Fsp3) is 0.163. The summed E-state index contributed by atoms with van der Waals surface area (Å²) >= 11 is 0. The summed E-state index contributed by atoms with van der Waals surface area (Å²) in [7, 11) is 0. The van der Waals surface area contributed by atoms with Crippen molar-refractivity contribution in [3.63, 3.8) is 0 Å². The minimum absolute atomic E-state index is 0.0821. The fourth-order valence-corrected chi connectivity index (χ4v) is 9.53. The highest BCUT2D eigenvalue weighted by atomic mass is 16.3. The zero-order chi connectivity index (χ0) is 36.5. The Labute approximate surface area is 314 Å². The molecule has 3 aromatic heterocycles. The summed E-state index contributed by atoms with van der Waals surface area (Å²) in [4.78, 5) is 5.47. The lowest BCUT2D eigenvalue weighted by Crippen LogP contribution is -2.57. The molecule has 11 rings (SSSR count). The van der Waals surface area contributed by atoms with E-state index in [-0.39, 0.29) is 12.1 Å². The lowest BCUT2D eigenvalue weighted by Gasteiger charge is -2.30. The van der Waals surface area contributed by atoms with Crippen molar-refractivity contribution in [3.8, 4) is 16.8 Å². The second kappa shape index (κ2) is 11.2. The van der Waals surface area contributed by atoms with Crippen LogP contribution in [-0.2, 0) is 18.3 Å². The van der Waals surface area contributed by atoms with Gasteiger partial charge >= 0.3 is 0 Å². The largest absolute Gasteiger partial charge is 0.455 e. The maximum Gasteiger partial charge on any atom is 0.247 e. The molecular formula is C49H40BN3O. The molecule has 1 aliphatic rings. The van der Waals surface area contributed by atoms with Gasteiger partial charge in [0.15, 0.2) is 0 Å². The first-order valence-corrected chi connectivity index (χ1v) is 19.4. The van der Waals surface area contributed by atoms with Crippen LogP contribution >= 0.6 is 0 Å². The molecule has 4 nitrogen and oxygen atoms in total. The molecule has 4 heterocycles. The molecule has 0 atom stereocenters. The van der Waals surface area contributed by atoms with E-state index in [1.54, 1.807) is 0 Å². The lowest BCUT2D eigenvalue weighted by molar-refractivity contribution is 0.588. The van der Waals surface area contributed by atoms with Crippen LogP contribution in [0.15, 0.2) is 132 Å². The molecule has 0 spiro atoms. The average Bonchev–Trinajstić information content (AvgIpc) is 3.78. The van der Waals surface area contributed by atoms with Crippen LogP contribution in [0.2, 0.25) is 0 Å². The summed E-state index contributed by atoms with van der Waals surface area (Å²) in [5, 5.41) is 4.80. The van der Waals surface area contributed by atoms with Crippen LogP contribution in [0.1, 0.15) is 51.3 Å². The zero-order valence-electron chi connectivity index (χ0n) is 31.4. The average molecular weight is 698 g/mol. The Morgan fingerprint density at radius 2 is 1.41 bits per heavy atom. The molecule has 0 fully saturated rings. The Hall–Kier alpha value is -6.07. The van der Waals surface area contributed by atoms with Gasteiger partial charge in [0.25, 0.3) is 0 Å². The molecule has 0 amide bonds. The SMILES string of the molecule is CCc1cc(C(C)(C)C)cc(CC)c1B1c2cccc3nc4n(-c5ccc(-c6cccc7c6oc6ccccc67)cc5)c5cccc6ccc1c(c65)n4c23. The van der Waals surface area contributed by atoms with Crippen LogP contribution in [0.4, 0.5) is 0 Å². The van der Waals surface area contributed by atoms with E-state index in [0.29, 0.717) is 0 Å². The van der Waals surface area contributed by atoms with Crippen molar-refractivity contribution in [3.05, 3.63) is 144 Å². The molecule has 260 valence electrons. The molecule has 7 aromatic carbocycles. The van der Waals surface area contributed by atoms with Crippen molar-refractivity contribution in [2.24, 2.45) is 0 Å². The zero-order valence-corrected chi connectivity index (χ0v) is 31.4. The van der Waals surface area contributed by atoms with E-state index in [9.17, 15) is 0 Å². The number of fused-ring (bicyclic) bond motifs is 3. The third kappa shape index (κ3) is 4.24. The standard InChI is InChI=1S/C49H40BN3O/c1-6-29-27-33(49(3,4)5)28-30(7-2)44(29)50-38-17-12-18-40-45(38)53-46-39(50)26-23-32-13-10-19-41(43(32)46)52(48(53)51-40)34-24-21-31(22-25-34)35-15-11-16-37-36-14-8-9-20-42(36)54-47(35)37/h8-28H,6-7H2,1-5H3. The van der Waals surface area contributed by atoms with E-state index in [0.717, 1.165) is 68.4 Å². The normalized spacial score (nSPS) is 13.0. The number of aryl methyl sites for hydroxylation is 2. The quantitative estimate of drug-likeness (QED) is 0.168. The van der Waals surface area contributed by atoms with Gasteiger partial charge in [-0.1, -0.05) is 148 Å². The van der Waals surface area contributed by atoms with Crippen LogP contribution in [0.25, 0.3) is 77.4 Å². The van der Waals surface area contributed by atoms with Gasteiger partial charge < -0.3 is 4.42 Å². The second-order valence-corrected chi connectivity index (χ2v) is 16.1. The van der Waals surface area contributed by atoms with Gasteiger partial charge in [-0.2, -0.15) is 0 Å². The summed E-state index contributed by atoms with van der Waals surface area (Å²) in [5.41, 5.74) is 18.4. The van der Waals surface area contributed by atoms with Gasteiger partial charge in [0.2, 0.25) is 12.5 Å². The number of imidazole rings is 1. The van der Waals surface area contributed by atoms with Gasteiger partial charge in [0.05, 0.1) is 22.1 Å². The van der Waals surface area contributed by atoms with Crippen molar-refractivity contribution in [2.45, 2.75) is 52.9 Å². The molecule has 0 N–H and O–H groups in total. The van der Waals surface area contributed by atoms with Gasteiger partial charge in [-0.05, 0) is 76.0 Å². The molecule has 0 radical (unpaired) electrons. The number of aromatic nitrogens is 3. The first kappa shape index (κ1) is 31.5. The second-order valence-electron chi connectivity index (χ2n) is 16.1. The molecule has 5 heteroatoms. The van der Waals surface area contributed by atoms with Crippen LogP contribution < -0.4 is 16.4 Å². The van der Waals surface area contributed by atoms with Gasteiger partial charge in [0.1, 0.15) is 11.2 Å². The van der Waals surface area contributed by atoms with Crippen molar-refractivity contribution < 1.29 is 4.42 Å². The molecule has 10 aromatic rings. The Bertz CT molecular complexity index is 3150. The van der Waals surface area contributed by atoms with Crippen molar-refractivity contribution >= 4 is 83.7 Å². The van der Waals surface area contributed by atoms with E-state index in [4.69, 9.17) is 9.40 Å². The predicted octanol–water partition coefficient (Wildman–Crippen LogP) is 10.4. The molecule has 54 heavy (non-hydrogen) atoms. The maximum atomic E-state index is 6.43. The maximum absolute atomic E-state index is 6.43. The highest BCUT2D eigenvalue weighted by molar-refractivity contribution is 6.99. The first-order chi connectivity index (χ1) is 26.3. The Morgan fingerprint density at radius 1 is 0.685 bits per heavy atom. The topological polar surface area (TPSA) is 35.4 Å². The number of hydrogen-bond donors (Lipinski definition) is 0. The molecule has 0 unspecified atom stereocenters. The Balaban J connectivity index is 1.17. The number of para-hydroxylation sites is 3. The lowest BCUT2D eigenvalue weighted by atomic mass is 9.34. The number of rotatable bonds is 5. The van der Waals surface area contributed by atoms with Gasteiger partial charge in [-0.15, -0.1) is 0 Å². The van der Waals surface area contributed by atoms with Gasteiger partial charge in [0, 0.05) is 27.4 Å². The monoisotopic (exact) mass is 697 g/mol.